The van der Waals surface area contributed by atoms with Gasteiger partial charge < -0.3 is 5.32 Å². The van der Waals surface area contributed by atoms with Gasteiger partial charge in [-0.1, -0.05) is 13.0 Å². The second kappa shape index (κ2) is 7.41. The smallest absolute Gasteiger partial charge is 0.0547 e. The molecule has 96 valence electrons. The highest BCUT2D eigenvalue weighted by Crippen LogP contribution is 2.05. The third-order valence-electron chi connectivity index (χ3n) is 2.89. The molecule has 1 N–H and O–H groups in total. The average molecular weight is 235 g/mol. The minimum atomic E-state index is 0.554. The molecule has 0 aliphatic rings. The van der Waals surface area contributed by atoms with Gasteiger partial charge in [0.1, 0.15) is 0 Å². The van der Waals surface area contributed by atoms with Crippen molar-refractivity contribution in [1.29, 1.82) is 0 Å². The molecule has 1 rings (SSSR count). The highest BCUT2D eigenvalue weighted by molar-refractivity contribution is 5.11. The predicted molar refractivity (Wildman–Crippen MR) is 72.8 cm³/mol. The quantitative estimate of drug-likeness (QED) is 0.736. The molecule has 3 heteroatoms. The molecule has 0 aromatic carbocycles. The van der Waals surface area contributed by atoms with Crippen molar-refractivity contribution >= 4 is 0 Å². The fourth-order valence-corrected chi connectivity index (χ4v) is 1.55. The SMILES string of the molecule is CCCNCc1cccc(CN(C)C(C)C)n1. The van der Waals surface area contributed by atoms with Crippen LogP contribution in [0.3, 0.4) is 0 Å². The summed E-state index contributed by atoms with van der Waals surface area (Å²) >= 11 is 0. The zero-order chi connectivity index (χ0) is 12.7. The molecule has 0 atom stereocenters. The van der Waals surface area contributed by atoms with Crippen LogP contribution in [0.1, 0.15) is 38.6 Å². The predicted octanol–water partition coefficient (Wildman–Crippen LogP) is 2.42. The van der Waals surface area contributed by atoms with Crippen LogP contribution in [-0.2, 0) is 13.1 Å². The lowest BCUT2D eigenvalue weighted by Gasteiger charge is -2.20. The molecule has 0 saturated heterocycles. The zero-order valence-corrected chi connectivity index (χ0v) is 11.5. The summed E-state index contributed by atoms with van der Waals surface area (Å²) in [6, 6.07) is 6.84. The van der Waals surface area contributed by atoms with Crippen molar-refractivity contribution in [2.24, 2.45) is 0 Å². The van der Waals surface area contributed by atoms with Crippen LogP contribution in [0.15, 0.2) is 18.2 Å². The Balaban J connectivity index is 2.53. The fraction of sp³-hybridized carbons (Fsp3) is 0.643. The van der Waals surface area contributed by atoms with Gasteiger partial charge in [-0.05, 0) is 46.0 Å². The van der Waals surface area contributed by atoms with Crippen molar-refractivity contribution in [3.05, 3.63) is 29.6 Å². The molecule has 0 bridgehead atoms. The van der Waals surface area contributed by atoms with Gasteiger partial charge in [-0.3, -0.25) is 9.88 Å². The molecular formula is C14H25N3. The lowest BCUT2D eigenvalue weighted by molar-refractivity contribution is 0.262. The topological polar surface area (TPSA) is 28.2 Å². The van der Waals surface area contributed by atoms with Gasteiger partial charge >= 0.3 is 0 Å². The Kier molecular flexibility index (Phi) is 6.16. The Morgan fingerprint density at radius 1 is 1.29 bits per heavy atom. The van der Waals surface area contributed by atoms with Gasteiger partial charge in [0.2, 0.25) is 0 Å². The van der Waals surface area contributed by atoms with E-state index in [9.17, 15) is 0 Å². The van der Waals surface area contributed by atoms with Crippen molar-refractivity contribution in [1.82, 2.24) is 15.2 Å². The molecule has 17 heavy (non-hydrogen) atoms. The van der Waals surface area contributed by atoms with Crippen LogP contribution in [0.4, 0.5) is 0 Å². The molecule has 0 unspecified atom stereocenters. The largest absolute Gasteiger partial charge is 0.311 e. The molecule has 0 aliphatic heterocycles. The normalized spacial score (nSPS) is 11.4. The summed E-state index contributed by atoms with van der Waals surface area (Å²) in [7, 11) is 2.13. The van der Waals surface area contributed by atoms with Gasteiger partial charge in [0, 0.05) is 19.1 Å². The monoisotopic (exact) mass is 235 g/mol. The Labute approximate surface area is 105 Å². The third kappa shape index (κ3) is 5.29. The van der Waals surface area contributed by atoms with Crippen molar-refractivity contribution in [2.45, 2.75) is 46.3 Å². The Morgan fingerprint density at radius 3 is 2.65 bits per heavy atom. The maximum atomic E-state index is 4.66. The first-order valence-corrected chi connectivity index (χ1v) is 6.49. The second-order valence-corrected chi connectivity index (χ2v) is 4.81. The number of aromatic nitrogens is 1. The number of nitrogens with one attached hydrogen (secondary N) is 1. The Hall–Kier alpha value is -0.930. The lowest BCUT2D eigenvalue weighted by Crippen LogP contribution is -2.26. The first kappa shape index (κ1) is 14.1. The van der Waals surface area contributed by atoms with Crippen molar-refractivity contribution in [3.63, 3.8) is 0 Å². The number of hydrogen-bond donors (Lipinski definition) is 1. The van der Waals surface area contributed by atoms with E-state index in [1.165, 1.54) is 0 Å². The molecule has 1 aromatic rings. The minimum Gasteiger partial charge on any atom is -0.311 e. The van der Waals surface area contributed by atoms with E-state index in [-0.39, 0.29) is 0 Å². The third-order valence-corrected chi connectivity index (χ3v) is 2.89. The highest BCUT2D eigenvalue weighted by Gasteiger charge is 2.05. The van der Waals surface area contributed by atoms with Crippen LogP contribution in [0.2, 0.25) is 0 Å². The molecule has 0 saturated carbocycles. The molecule has 0 radical (unpaired) electrons. The summed E-state index contributed by atoms with van der Waals surface area (Å²) in [5.74, 6) is 0. The molecule has 3 nitrogen and oxygen atoms in total. The molecule has 0 spiro atoms. The molecule has 0 fully saturated rings. The van der Waals surface area contributed by atoms with E-state index in [0.29, 0.717) is 6.04 Å². The van der Waals surface area contributed by atoms with Crippen LogP contribution in [-0.4, -0.2) is 29.5 Å². The standard InChI is InChI=1S/C14H25N3/c1-5-9-15-10-13-7-6-8-14(16-13)11-17(4)12(2)3/h6-8,12,15H,5,9-11H2,1-4H3. The van der Waals surface area contributed by atoms with Gasteiger partial charge in [-0.25, -0.2) is 0 Å². The van der Waals surface area contributed by atoms with Gasteiger partial charge in [0.05, 0.1) is 11.4 Å². The van der Waals surface area contributed by atoms with E-state index in [1.54, 1.807) is 0 Å². The molecule has 1 aromatic heterocycles. The Morgan fingerprint density at radius 2 is 2.00 bits per heavy atom. The van der Waals surface area contributed by atoms with E-state index in [4.69, 9.17) is 0 Å². The van der Waals surface area contributed by atoms with E-state index < -0.39 is 0 Å². The summed E-state index contributed by atoms with van der Waals surface area (Å²) in [6.07, 6.45) is 1.16. The van der Waals surface area contributed by atoms with E-state index in [0.717, 1.165) is 37.4 Å². The summed E-state index contributed by atoms with van der Waals surface area (Å²) in [4.78, 5) is 6.96. The maximum absolute atomic E-state index is 4.66. The van der Waals surface area contributed by atoms with E-state index >= 15 is 0 Å². The summed E-state index contributed by atoms with van der Waals surface area (Å²) < 4.78 is 0. The second-order valence-electron chi connectivity index (χ2n) is 4.81. The number of nitrogens with zero attached hydrogens (tertiary/aromatic N) is 2. The number of hydrogen-bond acceptors (Lipinski definition) is 3. The molecule has 0 amide bonds. The van der Waals surface area contributed by atoms with Crippen molar-refractivity contribution in [2.75, 3.05) is 13.6 Å². The van der Waals surface area contributed by atoms with Crippen LogP contribution in [0.5, 0.6) is 0 Å². The van der Waals surface area contributed by atoms with Crippen LogP contribution < -0.4 is 5.32 Å². The van der Waals surface area contributed by atoms with Crippen molar-refractivity contribution in [3.8, 4) is 0 Å². The Bertz CT molecular complexity index is 323. The van der Waals surface area contributed by atoms with Gasteiger partial charge in [0.15, 0.2) is 0 Å². The minimum absolute atomic E-state index is 0.554. The first-order valence-electron chi connectivity index (χ1n) is 6.49. The lowest BCUT2D eigenvalue weighted by atomic mass is 10.2. The van der Waals surface area contributed by atoms with Gasteiger partial charge in [-0.15, -0.1) is 0 Å². The summed E-state index contributed by atoms with van der Waals surface area (Å²) in [5, 5.41) is 3.38. The van der Waals surface area contributed by atoms with E-state index in [1.807, 2.05) is 0 Å². The summed E-state index contributed by atoms with van der Waals surface area (Å²) in [6.45, 7) is 9.41. The summed E-state index contributed by atoms with van der Waals surface area (Å²) in [5.41, 5.74) is 2.28. The number of rotatable bonds is 7. The zero-order valence-electron chi connectivity index (χ0n) is 11.5. The van der Waals surface area contributed by atoms with Crippen molar-refractivity contribution < 1.29 is 0 Å². The maximum Gasteiger partial charge on any atom is 0.0547 e. The molecular weight excluding hydrogens is 210 g/mol. The van der Waals surface area contributed by atoms with Crippen LogP contribution in [0.25, 0.3) is 0 Å². The molecule has 0 aliphatic carbocycles. The average Bonchev–Trinajstić information content (AvgIpc) is 2.30. The van der Waals surface area contributed by atoms with Gasteiger partial charge in [-0.2, -0.15) is 0 Å². The van der Waals surface area contributed by atoms with E-state index in [2.05, 4.69) is 61.2 Å². The molecule has 1 heterocycles. The van der Waals surface area contributed by atoms with Gasteiger partial charge in [0.25, 0.3) is 0 Å². The van der Waals surface area contributed by atoms with Crippen LogP contribution >= 0.6 is 0 Å². The first-order chi connectivity index (χ1) is 8.13. The number of pyridine rings is 1. The van der Waals surface area contributed by atoms with Crippen LogP contribution in [0, 0.1) is 0 Å². The highest BCUT2D eigenvalue weighted by atomic mass is 15.1. The fourth-order valence-electron chi connectivity index (χ4n) is 1.55.